The molecule has 2 aromatic rings. The number of benzene rings is 2. The molecule has 4 heteroatoms. The summed E-state index contributed by atoms with van der Waals surface area (Å²) >= 11 is 3.19. The van der Waals surface area contributed by atoms with E-state index in [4.69, 9.17) is 4.74 Å². The monoisotopic (exact) mass is 351 g/mol. The van der Waals surface area contributed by atoms with Gasteiger partial charge < -0.3 is 10.1 Å². The van der Waals surface area contributed by atoms with E-state index in [0.717, 1.165) is 24.3 Å². The number of halogens is 2. The fraction of sp³-hybridized carbons (Fsp3) is 0.294. The molecule has 0 radical (unpaired) electrons. The molecule has 1 atom stereocenters. The van der Waals surface area contributed by atoms with Crippen LogP contribution in [0.1, 0.15) is 24.1 Å². The molecule has 0 fully saturated rings. The van der Waals surface area contributed by atoms with Crippen molar-refractivity contribution in [3.8, 4) is 5.75 Å². The summed E-state index contributed by atoms with van der Waals surface area (Å²) in [5.41, 5.74) is 2.14. The van der Waals surface area contributed by atoms with E-state index in [1.807, 2.05) is 30.3 Å². The quantitative estimate of drug-likeness (QED) is 0.827. The third-order valence-corrected chi connectivity index (χ3v) is 4.04. The molecule has 0 heterocycles. The fourth-order valence-electron chi connectivity index (χ4n) is 2.28. The molecule has 0 saturated heterocycles. The Hall–Kier alpha value is -1.39. The Morgan fingerprint density at radius 2 is 1.90 bits per heavy atom. The summed E-state index contributed by atoms with van der Waals surface area (Å²) < 4.78 is 19.4. The molecule has 0 amide bonds. The standard InChI is InChI=1S/C17H19BrFNO/c1-3-20-17(13-6-9-15(18)16(19)11-13)10-12-4-7-14(21-2)8-5-12/h4-9,11,17,20H,3,10H2,1-2H3. The Morgan fingerprint density at radius 3 is 2.48 bits per heavy atom. The van der Waals surface area contributed by atoms with Crippen LogP contribution in [0.3, 0.4) is 0 Å². The molecular weight excluding hydrogens is 333 g/mol. The molecule has 1 N–H and O–H groups in total. The fourth-order valence-corrected chi connectivity index (χ4v) is 2.53. The van der Waals surface area contributed by atoms with Crippen LogP contribution in [0.4, 0.5) is 4.39 Å². The van der Waals surface area contributed by atoms with Crippen LogP contribution in [0.25, 0.3) is 0 Å². The Bertz CT molecular complexity index is 586. The third-order valence-electron chi connectivity index (χ3n) is 3.40. The van der Waals surface area contributed by atoms with Crippen molar-refractivity contribution < 1.29 is 9.13 Å². The molecule has 0 aliphatic heterocycles. The maximum atomic E-state index is 13.7. The molecule has 0 aliphatic rings. The molecular formula is C17H19BrFNO. The largest absolute Gasteiger partial charge is 0.497 e. The molecule has 0 aliphatic carbocycles. The van der Waals surface area contributed by atoms with Gasteiger partial charge in [-0.3, -0.25) is 0 Å². The first kappa shape index (κ1) is 16.0. The van der Waals surface area contributed by atoms with Gasteiger partial charge in [0.25, 0.3) is 0 Å². The van der Waals surface area contributed by atoms with E-state index in [9.17, 15) is 4.39 Å². The van der Waals surface area contributed by atoms with Gasteiger partial charge in [0.05, 0.1) is 11.6 Å². The Morgan fingerprint density at radius 1 is 1.19 bits per heavy atom. The maximum absolute atomic E-state index is 13.7. The number of methoxy groups -OCH3 is 1. The molecule has 21 heavy (non-hydrogen) atoms. The number of rotatable bonds is 6. The van der Waals surface area contributed by atoms with E-state index in [-0.39, 0.29) is 11.9 Å². The molecule has 0 saturated carbocycles. The average Bonchev–Trinajstić information content (AvgIpc) is 2.50. The van der Waals surface area contributed by atoms with Gasteiger partial charge in [0.2, 0.25) is 0 Å². The lowest BCUT2D eigenvalue weighted by Gasteiger charge is -2.19. The van der Waals surface area contributed by atoms with E-state index < -0.39 is 0 Å². The number of ether oxygens (including phenoxy) is 1. The minimum absolute atomic E-state index is 0.0889. The molecule has 0 aromatic heterocycles. The second-order valence-corrected chi connectivity index (χ2v) is 5.69. The van der Waals surface area contributed by atoms with E-state index in [1.165, 1.54) is 5.56 Å². The van der Waals surface area contributed by atoms with Gasteiger partial charge in [-0.25, -0.2) is 4.39 Å². The van der Waals surface area contributed by atoms with E-state index in [0.29, 0.717) is 4.47 Å². The van der Waals surface area contributed by atoms with Crippen LogP contribution in [-0.4, -0.2) is 13.7 Å². The second kappa shape index (κ2) is 7.57. The molecule has 1 unspecified atom stereocenters. The first-order valence-electron chi connectivity index (χ1n) is 6.95. The zero-order valence-electron chi connectivity index (χ0n) is 12.2. The van der Waals surface area contributed by atoms with Crippen LogP contribution in [0.15, 0.2) is 46.9 Å². The molecule has 2 rings (SSSR count). The SMILES string of the molecule is CCNC(Cc1ccc(OC)cc1)c1ccc(Br)c(F)c1. The molecule has 0 spiro atoms. The highest BCUT2D eigenvalue weighted by atomic mass is 79.9. The highest BCUT2D eigenvalue weighted by molar-refractivity contribution is 9.10. The first-order valence-corrected chi connectivity index (χ1v) is 7.74. The zero-order chi connectivity index (χ0) is 15.2. The Labute approximate surface area is 133 Å². The summed E-state index contributed by atoms with van der Waals surface area (Å²) in [5, 5.41) is 3.41. The molecule has 2 nitrogen and oxygen atoms in total. The Balaban J connectivity index is 2.19. The smallest absolute Gasteiger partial charge is 0.137 e. The normalized spacial score (nSPS) is 12.2. The minimum Gasteiger partial charge on any atom is -0.497 e. The Kier molecular flexibility index (Phi) is 5.76. The summed E-state index contributed by atoms with van der Waals surface area (Å²) in [4.78, 5) is 0. The summed E-state index contributed by atoms with van der Waals surface area (Å²) in [5.74, 6) is 0.610. The van der Waals surface area contributed by atoms with Gasteiger partial charge in [-0.15, -0.1) is 0 Å². The zero-order valence-corrected chi connectivity index (χ0v) is 13.8. The van der Waals surface area contributed by atoms with Crippen molar-refractivity contribution in [3.63, 3.8) is 0 Å². The van der Waals surface area contributed by atoms with Crippen molar-refractivity contribution in [1.29, 1.82) is 0 Å². The first-order chi connectivity index (χ1) is 10.1. The summed E-state index contributed by atoms with van der Waals surface area (Å²) in [6.45, 7) is 2.88. The van der Waals surface area contributed by atoms with Crippen LogP contribution in [0.5, 0.6) is 5.75 Å². The van der Waals surface area contributed by atoms with Crippen molar-refractivity contribution in [1.82, 2.24) is 5.32 Å². The molecule has 0 bridgehead atoms. The predicted octanol–water partition coefficient (Wildman–Crippen LogP) is 4.49. The van der Waals surface area contributed by atoms with Gasteiger partial charge in [0, 0.05) is 6.04 Å². The number of nitrogens with one attached hydrogen (secondary N) is 1. The van der Waals surface area contributed by atoms with E-state index >= 15 is 0 Å². The van der Waals surface area contributed by atoms with Gasteiger partial charge in [-0.2, -0.15) is 0 Å². The van der Waals surface area contributed by atoms with Gasteiger partial charge in [0.1, 0.15) is 11.6 Å². The highest BCUT2D eigenvalue weighted by Gasteiger charge is 2.13. The average molecular weight is 352 g/mol. The molecule has 2 aromatic carbocycles. The summed E-state index contributed by atoms with van der Waals surface area (Å²) in [6.07, 6.45) is 0.804. The minimum atomic E-state index is -0.231. The van der Waals surface area contributed by atoms with Crippen LogP contribution < -0.4 is 10.1 Å². The predicted molar refractivity (Wildman–Crippen MR) is 87.2 cm³/mol. The van der Waals surface area contributed by atoms with Crippen molar-refractivity contribution in [2.45, 2.75) is 19.4 Å². The molecule has 112 valence electrons. The lowest BCUT2D eigenvalue weighted by atomic mass is 9.98. The maximum Gasteiger partial charge on any atom is 0.137 e. The second-order valence-electron chi connectivity index (χ2n) is 4.84. The highest BCUT2D eigenvalue weighted by Crippen LogP contribution is 2.24. The summed E-state index contributed by atoms with van der Waals surface area (Å²) in [7, 11) is 1.65. The number of likely N-dealkylation sites (N-methyl/N-ethyl adjacent to an activating group) is 1. The van der Waals surface area contributed by atoms with Crippen LogP contribution in [0, 0.1) is 5.82 Å². The van der Waals surface area contributed by atoms with Crippen LogP contribution in [0.2, 0.25) is 0 Å². The van der Waals surface area contributed by atoms with Crippen molar-refractivity contribution in [2.24, 2.45) is 0 Å². The van der Waals surface area contributed by atoms with Gasteiger partial charge in [0.15, 0.2) is 0 Å². The number of hydrogen-bond donors (Lipinski definition) is 1. The van der Waals surface area contributed by atoms with Crippen molar-refractivity contribution in [2.75, 3.05) is 13.7 Å². The van der Waals surface area contributed by atoms with E-state index in [2.05, 4.69) is 28.2 Å². The van der Waals surface area contributed by atoms with Crippen LogP contribution in [-0.2, 0) is 6.42 Å². The van der Waals surface area contributed by atoms with Gasteiger partial charge in [-0.1, -0.05) is 25.1 Å². The topological polar surface area (TPSA) is 21.3 Å². The van der Waals surface area contributed by atoms with Crippen LogP contribution >= 0.6 is 15.9 Å². The van der Waals surface area contributed by atoms with Crippen molar-refractivity contribution >= 4 is 15.9 Å². The number of hydrogen-bond acceptors (Lipinski definition) is 2. The lowest BCUT2D eigenvalue weighted by Crippen LogP contribution is -2.23. The lowest BCUT2D eigenvalue weighted by molar-refractivity contribution is 0.414. The summed E-state index contributed by atoms with van der Waals surface area (Å²) in [6, 6.07) is 13.3. The van der Waals surface area contributed by atoms with Gasteiger partial charge in [-0.05, 0) is 64.3 Å². The van der Waals surface area contributed by atoms with Gasteiger partial charge >= 0.3 is 0 Å². The van der Waals surface area contributed by atoms with Crippen molar-refractivity contribution in [3.05, 3.63) is 63.9 Å². The third kappa shape index (κ3) is 4.29. The van der Waals surface area contributed by atoms with E-state index in [1.54, 1.807) is 19.2 Å².